The summed E-state index contributed by atoms with van der Waals surface area (Å²) in [4.78, 5) is 0. The van der Waals surface area contributed by atoms with Crippen molar-refractivity contribution >= 4 is 28.1 Å². The van der Waals surface area contributed by atoms with Crippen molar-refractivity contribution in [3.63, 3.8) is 0 Å². The number of hydrogen-bond donors (Lipinski definition) is 1. The summed E-state index contributed by atoms with van der Waals surface area (Å²) in [7, 11) is 3.87. The first-order chi connectivity index (χ1) is 8.46. The normalized spacial score (nSPS) is 14.2. The van der Waals surface area contributed by atoms with Crippen LogP contribution in [-0.4, -0.2) is 18.8 Å². The van der Waals surface area contributed by atoms with Gasteiger partial charge in [0.15, 0.2) is 0 Å². The number of hydrogen-bond acceptors (Lipinski definition) is 2. The monoisotopic (exact) mass is 280 g/mol. The molecule has 2 N–H and O–H groups in total. The Morgan fingerprint density at radius 3 is 1.44 bits per heavy atom. The van der Waals surface area contributed by atoms with Crippen molar-refractivity contribution in [2.75, 3.05) is 14.1 Å². The summed E-state index contributed by atoms with van der Waals surface area (Å²) >= 11 is 7.01. The molecule has 0 aromatic heterocycles. The predicted octanol–water partition coefficient (Wildman–Crippen LogP) is 2.69. The molecule has 96 valence electrons. The minimum absolute atomic E-state index is 0.973. The van der Waals surface area contributed by atoms with Crippen molar-refractivity contribution < 1.29 is 0 Å². The van der Waals surface area contributed by atoms with Crippen molar-refractivity contribution in [2.24, 2.45) is 5.50 Å². The molecule has 0 saturated carbocycles. The van der Waals surface area contributed by atoms with Gasteiger partial charge >= 0.3 is 113 Å². The summed E-state index contributed by atoms with van der Waals surface area (Å²) in [5, 5.41) is 1.95. The molecule has 0 aliphatic rings. The molecule has 0 spiro atoms. The van der Waals surface area contributed by atoms with Gasteiger partial charge in [-0.3, -0.25) is 0 Å². The molecule has 4 heteroatoms. The van der Waals surface area contributed by atoms with Gasteiger partial charge in [-0.1, -0.05) is 0 Å². The second-order valence-electron chi connectivity index (χ2n) is 4.55. The van der Waals surface area contributed by atoms with Gasteiger partial charge in [-0.2, -0.15) is 0 Å². The third-order valence-corrected chi connectivity index (χ3v) is 9.48. The van der Waals surface area contributed by atoms with Crippen LogP contribution in [0.25, 0.3) is 0 Å². The van der Waals surface area contributed by atoms with Crippen molar-refractivity contribution in [3.05, 3.63) is 60.7 Å². The van der Waals surface area contributed by atoms with E-state index in [1.807, 2.05) is 79.4 Å². The summed E-state index contributed by atoms with van der Waals surface area (Å²) in [6, 6.07) is 19.8. The van der Waals surface area contributed by atoms with E-state index in [2.05, 4.69) is 0 Å². The zero-order valence-corrected chi connectivity index (χ0v) is 12.3. The van der Waals surface area contributed by atoms with E-state index >= 15 is 0 Å². The molecule has 18 heavy (non-hydrogen) atoms. The van der Waals surface area contributed by atoms with Gasteiger partial charge in [-0.25, -0.2) is 0 Å². The first-order valence-electron chi connectivity index (χ1n) is 5.79. The third kappa shape index (κ3) is 1.96. The Bertz CT molecular complexity index is 483. The summed E-state index contributed by atoms with van der Waals surface area (Å²) in [5.41, 5.74) is 6.75. The zero-order chi connectivity index (χ0) is 13.3. The Hall–Kier alpha value is -0.920. The van der Waals surface area contributed by atoms with Crippen LogP contribution in [0.5, 0.6) is 0 Å². The van der Waals surface area contributed by atoms with E-state index in [-0.39, 0.29) is 0 Å². The van der Waals surface area contributed by atoms with Crippen LogP contribution in [0.2, 0.25) is 0 Å². The van der Waals surface area contributed by atoms with E-state index in [0.29, 0.717) is 0 Å². The van der Waals surface area contributed by atoms with Gasteiger partial charge in [0.2, 0.25) is 0 Å². The first-order valence-corrected chi connectivity index (χ1v) is 8.95. The second kappa shape index (κ2) is 4.64. The van der Waals surface area contributed by atoms with Crippen LogP contribution < -0.4 is 16.1 Å². The molecule has 2 aromatic rings. The maximum absolute atomic E-state index is 7.01. The van der Waals surface area contributed by atoms with Crippen molar-refractivity contribution in [1.29, 1.82) is 0 Å². The van der Waals surface area contributed by atoms with Crippen molar-refractivity contribution in [3.8, 4) is 0 Å². The minimum atomic E-state index is -3.26. The van der Waals surface area contributed by atoms with Crippen LogP contribution in [-0.2, 0) is 0 Å². The molecule has 0 unspecified atom stereocenters. The molecular formula is C14H18ClN2P. The molecule has 0 saturated heterocycles. The zero-order valence-electron chi connectivity index (χ0n) is 10.6. The average Bonchev–Trinajstić information content (AvgIpc) is 2.41. The molecule has 2 nitrogen and oxygen atoms in total. The fourth-order valence-corrected chi connectivity index (χ4v) is 5.41. The van der Waals surface area contributed by atoms with Gasteiger partial charge < -0.3 is 0 Å². The summed E-state index contributed by atoms with van der Waals surface area (Å²) < 4.78 is 1.96. The Labute approximate surface area is 113 Å². The fourth-order valence-electron chi connectivity index (χ4n) is 2.03. The van der Waals surface area contributed by atoms with Gasteiger partial charge in [-0.15, -0.1) is 0 Å². The average molecular weight is 281 g/mol. The van der Waals surface area contributed by atoms with E-state index in [1.165, 1.54) is 0 Å². The van der Waals surface area contributed by atoms with Crippen molar-refractivity contribution in [1.82, 2.24) is 4.67 Å². The molecule has 2 aromatic carbocycles. The summed E-state index contributed by atoms with van der Waals surface area (Å²) in [6.45, 7) is 0. The Balaban J connectivity index is 2.72. The van der Waals surface area contributed by atoms with Gasteiger partial charge in [-0.05, 0) is 0 Å². The van der Waals surface area contributed by atoms with Crippen LogP contribution in [0.1, 0.15) is 0 Å². The van der Waals surface area contributed by atoms with E-state index in [1.54, 1.807) is 0 Å². The molecule has 0 aliphatic heterocycles. The number of benzene rings is 2. The standard InChI is InChI=1S/C14H18ClN2P/c1-17(2)18(15,16,13-9-5-3-6-10-13)14-11-7-4-8-12-14/h3-12H,16H2,1-2H3. The quantitative estimate of drug-likeness (QED) is 0.876. The Morgan fingerprint density at radius 2 is 1.17 bits per heavy atom. The number of nitrogens with two attached hydrogens (primary N) is 1. The Kier molecular flexibility index (Phi) is 3.48. The van der Waals surface area contributed by atoms with E-state index < -0.39 is 6.26 Å². The fraction of sp³-hybridized carbons (Fsp3) is 0.143. The third-order valence-electron chi connectivity index (χ3n) is 3.28. The topological polar surface area (TPSA) is 29.3 Å². The van der Waals surface area contributed by atoms with Crippen LogP contribution in [0.4, 0.5) is 0 Å². The predicted molar refractivity (Wildman–Crippen MR) is 82.8 cm³/mol. The SMILES string of the molecule is CN(C)P(N)(Cl)(c1ccccc1)c1ccccc1. The van der Waals surface area contributed by atoms with E-state index in [0.717, 1.165) is 10.6 Å². The van der Waals surface area contributed by atoms with Crippen LogP contribution >= 0.6 is 17.5 Å². The first kappa shape index (κ1) is 13.5. The van der Waals surface area contributed by atoms with Gasteiger partial charge in [0.1, 0.15) is 0 Å². The second-order valence-corrected chi connectivity index (χ2v) is 10.5. The van der Waals surface area contributed by atoms with Crippen LogP contribution in [0.15, 0.2) is 60.7 Å². The molecule has 0 radical (unpaired) electrons. The maximum atomic E-state index is 7.01. The molecule has 0 amide bonds. The molecule has 0 fully saturated rings. The summed E-state index contributed by atoms with van der Waals surface area (Å²) in [5.74, 6) is 0. The molecule has 2 rings (SSSR count). The molecule has 0 bridgehead atoms. The molecule has 0 aliphatic carbocycles. The van der Waals surface area contributed by atoms with E-state index in [4.69, 9.17) is 16.7 Å². The summed E-state index contributed by atoms with van der Waals surface area (Å²) in [6.07, 6.45) is -3.26. The van der Waals surface area contributed by atoms with Gasteiger partial charge in [0.05, 0.1) is 0 Å². The molecule has 0 atom stereocenters. The number of nitrogens with zero attached hydrogens (tertiary/aromatic N) is 1. The Morgan fingerprint density at radius 1 is 0.833 bits per heavy atom. The van der Waals surface area contributed by atoms with E-state index in [9.17, 15) is 0 Å². The number of halogens is 1. The van der Waals surface area contributed by atoms with Gasteiger partial charge in [0, 0.05) is 0 Å². The molecular weight excluding hydrogens is 263 g/mol. The molecule has 0 heterocycles. The number of rotatable bonds is 3. The van der Waals surface area contributed by atoms with Crippen molar-refractivity contribution in [2.45, 2.75) is 0 Å². The van der Waals surface area contributed by atoms with Crippen LogP contribution in [0, 0.1) is 0 Å². The van der Waals surface area contributed by atoms with Crippen LogP contribution in [0.3, 0.4) is 0 Å². The van der Waals surface area contributed by atoms with Gasteiger partial charge in [0.25, 0.3) is 0 Å².